The Morgan fingerprint density at radius 3 is 2.52 bits per heavy atom. The van der Waals surface area contributed by atoms with Gasteiger partial charge in [0.05, 0.1) is 24.4 Å². The molecule has 0 aromatic rings. The van der Waals surface area contributed by atoms with E-state index in [1.807, 2.05) is 0 Å². The van der Waals surface area contributed by atoms with Gasteiger partial charge in [-0.05, 0) is 62.5 Å². The highest BCUT2D eigenvalue weighted by molar-refractivity contribution is 5.11. The Morgan fingerprint density at radius 2 is 1.86 bits per heavy atom. The van der Waals surface area contributed by atoms with Gasteiger partial charge in [0.25, 0.3) is 0 Å². The van der Waals surface area contributed by atoms with Crippen molar-refractivity contribution in [3.05, 3.63) is 24.3 Å². The molecule has 0 saturated carbocycles. The third-order valence-corrected chi connectivity index (χ3v) is 4.91. The molecule has 0 amide bonds. The van der Waals surface area contributed by atoms with Crippen molar-refractivity contribution in [2.45, 2.75) is 76.8 Å². The third-order valence-electron chi connectivity index (χ3n) is 4.91. The first-order valence-corrected chi connectivity index (χ1v) is 8.29. The van der Waals surface area contributed by atoms with Crippen molar-refractivity contribution in [2.75, 3.05) is 6.61 Å². The molecule has 2 aliphatic heterocycles. The van der Waals surface area contributed by atoms with Crippen LogP contribution in [0.5, 0.6) is 0 Å². The van der Waals surface area contributed by atoms with E-state index in [9.17, 15) is 0 Å². The molecule has 3 heteroatoms. The number of aliphatic hydroxyl groups is 1. The Hall–Kier alpha value is -0.640. The van der Waals surface area contributed by atoms with E-state index in [1.54, 1.807) is 0 Å². The lowest BCUT2D eigenvalue weighted by Gasteiger charge is -2.34. The summed E-state index contributed by atoms with van der Waals surface area (Å²) in [5, 5.41) is 8.90. The van der Waals surface area contributed by atoms with E-state index in [0.717, 1.165) is 38.5 Å². The monoisotopic (exact) mass is 294 g/mol. The largest absolute Gasteiger partial charge is 0.396 e. The molecule has 2 fully saturated rings. The van der Waals surface area contributed by atoms with Crippen LogP contribution in [0, 0.1) is 5.92 Å². The van der Waals surface area contributed by atoms with Gasteiger partial charge in [-0.15, -0.1) is 0 Å². The van der Waals surface area contributed by atoms with Gasteiger partial charge in [0.15, 0.2) is 0 Å². The minimum Gasteiger partial charge on any atom is -0.396 e. The SMILES string of the molecule is C=C1C[C@H](CCCO)O[C@H]1CC[C@H]1C[C@@H](C)C(=C)[C@@H](C)O1. The van der Waals surface area contributed by atoms with Crippen LogP contribution in [-0.4, -0.2) is 36.1 Å². The fraction of sp³-hybridized carbons (Fsp3) is 0.778. The smallest absolute Gasteiger partial charge is 0.0788 e. The highest BCUT2D eigenvalue weighted by atomic mass is 16.5. The molecule has 21 heavy (non-hydrogen) atoms. The molecule has 120 valence electrons. The maximum Gasteiger partial charge on any atom is 0.0788 e. The van der Waals surface area contributed by atoms with Gasteiger partial charge >= 0.3 is 0 Å². The molecule has 0 aromatic heterocycles. The molecule has 0 spiro atoms. The topological polar surface area (TPSA) is 38.7 Å². The summed E-state index contributed by atoms with van der Waals surface area (Å²) in [6.45, 7) is 12.9. The van der Waals surface area contributed by atoms with Crippen molar-refractivity contribution in [1.82, 2.24) is 0 Å². The molecular weight excluding hydrogens is 264 g/mol. The molecule has 0 aliphatic carbocycles. The lowest BCUT2D eigenvalue weighted by Crippen LogP contribution is -2.32. The number of hydrogen-bond acceptors (Lipinski definition) is 3. The van der Waals surface area contributed by atoms with E-state index in [0.29, 0.717) is 12.0 Å². The van der Waals surface area contributed by atoms with Gasteiger partial charge in [0.1, 0.15) is 0 Å². The highest BCUT2D eigenvalue weighted by Crippen LogP contribution is 2.34. The summed E-state index contributed by atoms with van der Waals surface area (Å²) < 4.78 is 12.1. The lowest BCUT2D eigenvalue weighted by molar-refractivity contribution is -0.0374. The molecule has 5 atom stereocenters. The summed E-state index contributed by atoms with van der Waals surface area (Å²) >= 11 is 0. The summed E-state index contributed by atoms with van der Waals surface area (Å²) in [6, 6.07) is 0. The molecule has 0 bridgehead atoms. The summed E-state index contributed by atoms with van der Waals surface area (Å²) in [6.07, 6.45) is 6.68. The Kier molecular flexibility index (Phi) is 6.03. The van der Waals surface area contributed by atoms with E-state index in [4.69, 9.17) is 14.6 Å². The fourth-order valence-electron chi connectivity index (χ4n) is 3.46. The Bertz CT molecular complexity index is 363. The van der Waals surface area contributed by atoms with Crippen LogP contribution in [0.4, 0.5) is 0 Å². The zero-order valence-electron chi connectivity index (χ0n) is 13.5. The van der Waals surface area contributed by atoms with Crippen molar-refractivity contribution in [3.8, 4) is 0 Å². The number of ether oxygens (including phenoxy) is 2. The molecular formula is C18H30O3. The number of rotatable bonds is 6. The summed E-state index contributed by atoms with van der Waals surface area (Å²) in [5.74, 6) is 0.545. The summed E-state index contributed by atoms with van der Waals surface area (Å²) in [4.78, 5) is 0. The first kappa shape index (κ1) is 16.7. The predicted octanol–water partition coefficient (Wildman–Crippen LogP) is 3.62. The zero-order valence-corrected chi connectivity index (χ0v) is 13.5. The normalized spacial score (nSPS) is 37.2. The van der Waals surface area contributed by atoms with E-state index in [1.165, 1.54) is 11.1 Å². The second-order valence-electron chi connectivity index (χ2n) is 6.66. The Morgan fingerprint density at radius 1 is 1.10 bits per heavy atom. The standard InChI is InChI=1S/C18H30O3/c1-12-10-17(20-15(4)14(12)3)7-8-18-13(2)11-16(21-18)6-5-9-19/h12,15-19H,2-3,5-11H2,1,4H3/t12-,15-,16+,17+,18+/m1/s1. The van der Waals surface area contributed by atoms with Crippen LogP contribution in [0.1, 0.15) is 52.4 Å². The van der Waals surface area contributed by atoms with Crippen molar-refractivity contribution >= 4 is 0 Å². The number of aliphatic hydroxyl groups excluding tert-OH is 1. The molecule has 3 nitrogen and oxygen atoms in total. The van der Waals surface area contributed by atoms with Crippen LogP contribution in [0.15, 0.2) is 24.3 Å². The van der Waals surface area contributed by atoms with Crippen LogP contribution >= 0.6 is 0 Å². The quantitative estimate of drug-likeness (QED) is 0.760. The maximum absolute atomic E-state index is 8.90. The summed E-state index contributed by atoms with van der Waals surface area (Å²) in [5.41, 5.74) is 2.43. The molecule has 0 aromatic carbocycles. The zero-order chi connectivity index (χ0) is 15.4. The highest BCUT2D eigenvalue weighted by Gasteiger charge is 2.31. The van der Waals surface area contributed by atoms with E-state index in [-0.39, 0.29) is 24.9 Å². The number of hydrogen-bond donors (Lipinski definition) is 1. The van der Waals surface area contributed by atoms with Crippen LogP contribution in [-0.2, 0) is 9.47 Å². The first-order chi connectivity index (χ1) is 10.0. The van der Waals surface area contributed by atoms with Gasteiger partial charge < -0.3 is 14.6 Å². The van der Waals surface area contributed by atoms with E-state index >= 15 is 0 Å². The molecule has 2 rings (SSSR count). The maximum atomic E-state index is 8.90. The van der Waals surface area contributed by atoms with Gasteiger partial charge in [0, 0.05) is 6.61 Å². The van der Waals surface area contributed by atoms with Crippen molar-refractivity contribution < 1.29 is 14.6 Å². The minimum absolute atomic E-state index is 0.170. The third kappa shape index (κ3) is 4.41. The van der Waals surface area contributed by atoms with E-state index < -0.39 is 0 Å². The van der Waals surface area contributed by atoms with Crippen molar-refractivity contribution in [3.63, 3.8) is 0 Å². The molecule has 0 radical (unpaired) electrons. The molecule has 2 heterocycles. The lowest BCUT2D eigenvalue weighted by atomic mass is 9.87. The minimum atomic E-state index is 0.170. The van der Waals surface area contributed by atoms with Crippen molar-refractivity contribution in [2.24, 2.45) is 5.92 Å². The van der Waals surface area contributed by atoms with Gasteiger partial charge in [0.2, 0.25) is 0 Å². The Labute approximate surface area is 129 Å². The van der Waals surface area contributed by atoms with Crippen LogP contribution in [0.25, 0.3) is 0 Å². The second-order valence-corrected chi connectivity index (χ2v) is 6.66. The van der Waals surface area contributed by atoms with Crippen LogP contribution in [0.2, 0.25) is 0 Å². The molecule has 2 saturated heterocycles. The predicted molar refractivity (Wildman–Crippen MR) is 85.2 cm³/mol. The summed E-state index contributed by atoms with van der Waals surface area (Å²) in [7, 11) is 0. The van der Waals surface area contributed by atoms with Gasteiger partial charge in [-0.1, -0.05) is 20.1 Å². The van der Waals surface area contributed by atoms with Crippen molar-refractivity contribution in [1.29, 1.82) is 0 Å². The molecule has 2 aliphatic rings. The van der Waals surface area contributed by atoms with Gasteiger partial charge in [-0.2, -0.15) is 0 Å². The molecule has 1 N–H and O–H groups in total. The molecule has 0 unspecified atom stereocenters. The van der Waals surface area contributed by atoms with Gasteiger partial charge in [-0.3, -0.25) is 0 Å². The van der Waals surface area contributed by atoms with Gasteiger partial charge in [-0.25, -0.2) is 0 Å². The fourth-order valence-corrected chi connectivity index (χ4v) is 3.46. The first-order valence-electron chi connectivity index (χ1n) is 8.29. The van der Waals surface area contributed by atoms with E-state index in [2.05, 4.69) is 27.0 Å². The second kappa shape index (κ2) is 7.57. The van der Waals surface area contributed by atoms with Crippen LogP contribution < -0.4 is 0 Å². The Balaban J connectivity index is 1.75. The van der Waals surface area contributed by atoms with Crippen LogP contribution in [0.3, 0.4) is 0 Å². The average molecular weight is 294 g/mol. The average Bonchev–Trinajstić information content (AvgIpc) is 2.80.